The smallest absolute Gasteiger partial charge is 0.256 e. The Morgan fingerprint density at radius 3 is 2.66 bits per heavy atom. The molecule has 1 N–H and O–H groups in total. The van der Waals surface area contributed by atoms with Crippen molar-refractivity contribution >= 4 is 11.6 Å². The van der Waals surface area contributed by atoms with Crippen LogP contribution in [0.3, 0.4) is 0 Å². The number of amides is 1. The Morgan fingerprint density at radius 1 is 1.06 bits per heavy atom. The molecule has 7 nitrogen and oxygen atoms in total. The van der Waals surface area contributed by atoms with E-state index < -0.39 is 0 Å². The number of fused-ring (bicyclic) bond motifs is 1. The lowest BCUT2D eigenvalue weighted by molar-refractivity contribution is -0.0292. The van der Waals surface area contributed by atoms with Crippen LogP contribution in [0, 0.1) is 0 Å². The summed E-state index contributed by atoms with van der Waals surface area (Å²) >= 11 is 0. The average Bonchev–Trinajstić information content (AvgIpc) is 3.28. The monoisotopic (exact) mass is 427 g/mol. The average molecular weight is 428 g/mol. The van der Waals surface area contributed by atoms with Crippen LogP contribution in [0.2, 0.25) is 0 Å². The second-order valence-electron chi connectivity index (χ2n) is 7.91. The van der Waals surface area contributed by atoms with Gasteiger partial charge in [0, 0.05) is 37.9 Å². The molecule has 0 aliphatic carbocycles. The molecule has 1 unspecified atom stereocenters. The van der Waals surface area contributed by atoms with Crippen LogP contribution in [0.4, 0.5) is 0 Å². The molecule has 1 aliphatic rings. The van der Waals surface area contributed by atoms with E-state index in [9.17, 15) is 4.79 Å². The predicted octanol–water partition coefficient (Wildman–Crippen LogP) is 3.03. The zero-order valence-electron chi connectivity index (χ0n) is 17.7. The van der Waals surface area contributed by atoms with Gasteiger partial charge >= 0.3 is 0 Å². The second-order valence-corrected chi connectivity index (χ2v) is 7.91. The van der Waals surface area contributed by atoms with E-state index in [0.717, 1.165) is 30.9 Å². The lowest BCUT2D eigenvalue weighted by atomic mass is 10.1. The molecule has 5 rings (SSSR count). The largest absolute Gasteiger partial charge is 0.374 e. The normalized spacial score (nSPS) is 16.8. The summed E-state index contributed by atoms with van der Waals surface area (Å²) in [6.07, 6.45) is 3.24. The van der Waals surface area contributed by atoms with E-state index in [1.807, 2.05) is 42.5 Å². The molecule has 0 saturated carbocycles. The van der Waals surface area contributed by atoms with Crippen LogP contribution in [-0.4, -0.2) is 57.8 Å². The van der Waals surface area contributed by atoms with Crippen molar-refractivity contribution < 1.29 is 9.53 Å². The van der Waals surface area contributed by atoms with E-state index in [1.165, 1.54) is 5.56 Å². The van der Waals surface area contributed by atoms with E-state index in [2.05, 4.69) is 44.6 Å². The molecule has 2 aromatic heterocycles. The Labute approximate surface area is 186 Å². The number of benzene rings is 2. The van der Waals surface area contributed by atoms with Gasteiger partial charge in [-0.05, 0) is 11.6 Å². The van der Waals surface area contributed by atoms with Gasteiger partial charge in [-0.15, -0.1) is 0 Å². The molecule has 0 radical (unpaired) electrons. The standard InChI is InChI=1S/C25H25N5O2/c31-25(27-15-21-18-29(13-14-32-21)17-19-7-3-1-4-8-19)22-16-28-30-23(11-12-26-24(22)30)20-9-5-2-6-10-20/h1-12,16,21H,13-15,17-18H2,(H,27,31). The van der Waals surface area contributed by atoms with Crippen molar-refractivity contribution in [3.05, 3.63) is 90.3 Å². The van der Waals surface area contributed by atoms with E-state index in [1.54, 1.807) is 16.9 Å². The molecule has 162 valence electrons. The van der Waals surface area contributed by atoms with Gasteiger partial charge in [-0.2, -0.15) is 5.10 Å². The van der Waals surface area contributed by atoms with E-state index >= 15 is 0 Å². The fourth-order valence-electron chi connectivity index (χ4n) is 4.07. The highest BCUT2D eigenvalue weighted by Crippen LogP contribution is 2.20. The summed E-state index contributed by atoms with van der Waals surface area (Å²) in [6, 6.07) is 22.2. The van der Waals surface area contributed by atoms with E-state index in [0.29, 0.717) is 24.4 Å². The molecule has 1 fully saturated rings. The van der Waals surface area contributed by atoms with Crippen LogP contribution in [0.25, 0.3) is 16.9 Å². The molecular formula is C25H25N5O2. The van der Waals surface area contributed by atoms with Gasteiger partial charge in [-0.3, -0.25) is 9.69 Å². The number of nitrogens with zero attached hydrogens (tertiary/aromatic N) is 4. The lowest BCUT2D eigenvalue weighted by Gasteiger charge is -2.33. The quantitative estimate of drug-likeness (QED) is 0.512. The Balaban J connectivity index is 1.24. The number of ether oxygens (including phenoxy) is 1. The van der Waals surface area contributed by atoms with E-state index in [4.69, 9.17) is 4.74 Å². The van der Waals surface area contributed by atoms with Gasteiger partial charge in [0.2, 0.25) is 0 Å². The Bertz CT molecular complexity index is 1190. The Morgan fingerprint density at radius 2 is 1.84 bits per heavy atom. The third kappa shape index (κ3) is 4.39. The third-order valence-corrected chi connectivity index (χ3v) is 5.68. The van der Waals surface area contributed by atoms with Crippen molar-refractivity contribution in [1.82, 2.24) is 24.8 Å². The zero-order chi connectivity index (χ0) is 21.8. The first kappa shape index (κ1) is 20.4. The number of carbonyl (C=O) groups excluding carboxylic acids is 1. The number of rotatable bonds is 6. The number of hydrogen-bond acceptors (Lipinski definition) is 5. The fraction of sp³-hybridized carbons (Fsp3) is 0.240. The number of aromatic nitrogens is 3. The summed E-state index contributed by atoms with van der Waals surface area (Å²) < 4.78 is 7.60. The van der Waals surface area contributed by atoms with Crippen molar-refractivity contribution in [2.24, 2.45) is 0 Å². The zero-order valence-corrected chi connectivity index (χ0v) is 17.7. The number of morpholine rings is 1. The van der Waals surface area contributed by atoms with Crippen LogP contribution < -0.4 is 5.32 Å². The summed E-state index contributed by atoms with van der Waals surface area (Å²) in [4.78, 5) is 19.7. The topological polar surface area (TPSA) is 71.8 Å². The maximum Gasteiger partial charge on any atom is 0.256 e. The molecule has 1 saturated heterocycles. The summed E-state index contributed by atoms with van der Waals surface area (Å²) in [5, 5.41) is 7.43. The minimum Gasteiger partial charge on any atom is -0.374 e. The van der Waals surface area contributed by atoms with Gasteiger partial charge in [0.1, 0.15) is 5.56 Å². The summed E-state index contributed by atoms with van der Waals surface area (Å²) in [5.41, 5.74) is 4.19. The lowest BCUT2D eigenvalue weighted by Crippen LogP contribution is -2.47. The molecular weight excluding hydrogens is 402 g/mol. The van der Waals surface area contributed by atoms with Gasteiger partial charge in [0.05, 0.1) is 24.6 Å². The van der Waals surface area contributed by atoms with Gasteiger partial charge in [0.15, 0.2) is 5.65 Å². The third-order valence-electron chi connectivity index (χ3n) is 5.68. The number of hydrogen-bond donors (Lipinski definition) is 1. The number of nitrogens with one attached hydrogen (secondary N) is 1. The molecule has 1 amide bonds. The molecule has 0 spiro atoms. The highest BCUT2D eigenvalue weighted by Gasteiger charge is 2.22. The second kappa shape index (κ2) is 9.30. The molecule has 32 heavy (non-hydrogen) atoms. The van der Waals surface area contributed by atoms with Gasteiger partial charge < -0.3 is 10.1 Å². The molecule has 1 aliphatic heterocycles. The fourth-order valence-corrected chi connectivity index (χ4v) is 4.07. The molecule has 1 atom stereocenters. The summed E-state index contributed by atoms with van der Waals surface area (Å²) in [5.74, 6) is -0.193. The first-order valence-electron chi connectivity index (χ1n) is 10.8. The van der Waals surface area contributed by atoms with Crippen LogP contribution in [-0.2, 0) is 11.3 Å². The maximum absolute atomic E-state index is 12.9. The van der Waals surface area contributed by atoms with Gasteiger partial charge in [-0.25, -0.2) is 9.50 Å². The van der Waals surface area contributed by atoms with Gasteiger partial charge in [-0.1, -0.05) is 60.7 Å². The minimum absolute atomic E-state index is 0.0499. The van der Waals surface area contributed by atoms with Gasteiger partial charge in [0.25, 0.3) is 5.91 Å². The Hall–Kier alpha value is -3.55. The van der Waals surface area contributed by atoms with Crippen molar-refractivity contribution in [3.8, 4) is 11.3 Å². The van der Waals surface area contributed by atoms with Crippen molar-refractivity contribution in [1.29, 1.82) is 0 Å². The van der Waals surface area contributed by atoms with Crippen molar-refractivity contribution in [2.45, 2.75) is 12.6 Å². The summed E-state index contributed by atoms with van der Waals surface area (Å²) in [6.45, 7) is 3.65. The summed E-state index contributed by atoms with van der Waals surface area (Å²) in [7, 11) is 0. The molecule has 4 aromatic rings. The van der Waals surface area contributed by atoms with Crippen molar-refractivity contribution in [3.63, 3.8) is 0 Å². The minimum atomic E-state index is -0.193. The molecule has 3 heterocycles. The highest BCUT2D eigenvalue weighted by molar-refractivity contribution is 5.99. The Kier molecular flexibility index (Phi) is 5.91. The van der Waals surface area contributed by atoms with Crippen molar-refractivity contribution in [2.75, 3.05) is 26.2 Å². The maximum atomic E-state index is 12.9. The molecule has 7 heteroatoms. The molecule has 0 bridgehead atoms. The SMILES string of the molecule is O=C(NCC1CN(Cc2ccccc2)CCO1)c1cnn2c(-c3ccccc3)ccnc12. The first-order chi connectivity index (χ1) is 15.8. The van der Waals surface area contributed by atoms with Crippen LogP contribution >= 0.6 is 0 Å². The molecule has 2 aromatic carbocycles. The highest BCUT2D eigenvalue weighted by atomic mass is 16.5. The first-order valence-corrected chi connectivity index (χ1v) is 10.8. The predicted molar refractivity (Wildman–Crippen MR) is 122 cm³/mol. The number of carbonyl (C=O) groups is 1. The van der Waals surface area contributed by atoms with Crippen LogP contribution in [0.15, 0.2) is 79.1 Å². The van der Waals surface area contributed by atoms with Crippen LogP contribution in [0.5, 0.6) is 0 Å². The van der Waals surface area contributed by atoms with E-state index in [-0.39, 0.29) is 12.0 Å². The van der Waals surface area contributed by atoms with Crippen LogP contribution in [0.1, 0.15) is 15.9 Å².